The summed E-state index contributed by atoms with van der Waals surface area (Å²) in [6.45, 7) is 1.66. The van der Waals surface area contributed by atoms with Crippen molar-refractivity contribution in [3.8, 4) is 0 Å². The number of halogens is 1. The molecule has 0 N–H and O–H groups in total. The summed E-state index contributed by atoms with van der Waals surface area (Å²) in [5.41, 5.74) is 0. The van der Waals surface area contributed by atoms with Gasteiger partial charge in [-0.3, -0.25) is 4.98 Å². The zero-order chi connectivity index (χ0) is 13.2. The van der Waals surface area contributed by atoms with Crippen LogP contribution in [0.5, 0.6) is 0 Å². The molecule has 6 nitrogen and oxygen atoms in total. The van der Waals surface area contributed by atoms with E-state index in [0.717, 1.165) is 18.9 Å². The molecule has 0 aliphatic carbocycles. The van der Waals surface area contributed by atoms with Gasteiger partial charge in [0, 0.05) is 32.5 Å². The molecule has 0 radical (unpaired) electrons. The second-order valence-corrected chi connectivity index (χ2v) is 4.43. The van der Waals surface area contributed by atoms with Crippen molar-refractivity contribution < 1.29 is 4.39 Å². The Bertz CT molecular complexity index is 540. The minimum absolute atomic E-state index is 0.299. The SMILES string of the molecule is CN(c1ncc(F)cn1)C1CN(c2cnccn2)C1. The molecule has 98 valence electrons. The van der Waals surface area contributed by atoms with Gasteiger partial charge in [-0.25, -0.2) is 19.3 Å². The van der Waals surface area contributed by atoms with Crippen molar-refractivity contribution in [1.82, 2.24) is 19.9 Å². The quantitative estimate of drug-likeness (QED) is 0.811. The van der Waals surface area contributed by atoms with Crippen molar-refractivity contribution in [1.29, 1.82) is 0 Å². The third kappa shape index (κ3) is 2.31. The second-order valence-electron chi connectivity index (χ2n) is 4.43. The summed E-state index contributed by atoms with van der Waals surface area (Å²) >= 11 is 0. The fraction of sp³-hybridized carbons (Fsp3) is 0.333. The van der Waals surface area contributed by atoms with E-state index in [1.807, 2.05) is 11.9 Å². The van der Waals surface area contributed by atoms with E-state index in [-0.39, 0.29) is 0 Å². The zero-order valence-corrected chi connectivity index (χ0v) is 10.4. The van der Waals surface area contributed by atoms with Crippen molar-refractivity contribution in [2.45, 2.75) is 6.04 Å². The van der Waals surface area contributed by atoms with E-state index in [1.54, 1.807) is 18.6 Å². The molecule has 3 heterocycles. The molecular weight excluding hydrogens is 247 g/mol. The molecule has 1 aliphatic rings. The molecule has 0 unspecified atom stereocenters. The highest BCUT2D eigenvalue weighted by Gasteiger charge is 2.32. The normalized spacial score (nSPS) is 15.2. The molecule has 7 heteroatoms. The van der Waals surface area contributed by atoms with Gasteiger partial charge in [-0.05, 0) is 0 Å². The van der Waals surface area contributed by atoms with Crippen LogP contribution in [-0.2, 0) is 0 Å². The van der Waals surface area contributed by atoms with Crippen LogP contribution in [0, 0.1) is 5.82 Å². The maximum Gasteiger partial charge on any atom is 0.225 e. The van der Waals surface area contributed by atoms with Gasteiger partial charge in [0.25, 0.3) is 0 Å². The van der Waals surface area contributed by atoms with Crippen molar-refractivity contribution in [2.24, 2.45) is 0 Å². The molecule has 2 aromatic heterocycles. The molecule has 2 aromatic rings. The summed E-state index contributed by atoms with van der Waals surface area (Å²) in [6, 6.07) is 0.299. The lowest BCUT2D eigenvalue weighted by Gasteiger charge is -2.44. The van der Waals surface area contributed by atoms with Crippen LogP contribution >= 0.6 is 0 Å². The van der Waals surface area contributed by atoms with Gasteiger partial charge < -0.3 is 9.80 Å². The van der Waals surface area contributed by atoms with E-state index in [4.69, 9.17) is 0 Å². The van der Waals surface area contributed by atoms with Gasteiger partial charge in [0.05, 0.1) is 24.6 Å². The fourth-order valence-electron chi connectivity index (χ4n) is 1.99. The Morgan fingerprint density at radius 3 is 2.53 bits per heavy atom. The molecule has 3 rings (SSSR count). The molecule has 1 aliphatic heterocycles. The van der Waals surface area contributed by atoms with Crippen molar-refractivity contribution in [2.75, 3.05) is 29.9 Å². The van der Waals surface area contributed by atoms with Gasteiger partial charge in [-0.2, -0.15) is 0 Å². The monoisotopic (exact) mass is 260 g/mol. The molecule has 1 fully saturated rings. The fourth-order valence-corrected chi connectivity index (χ4v) is 1.99. The predicted molar refractivity (Wildman–Crippen MR) is 68.4 cm³/mol. The molecule has 0 saturated carbocycles. The largest absolute Gasteiger partial charge is 0.351 e. The smallest absolute Gasteiger partial charge is 0.225 e. The maximum absolute atomic E-state index is 12.8. The minimum atomic E-state index is -0.424. The highest BCUT2D eigenvalue weighted by Crippen LogP contribution is 2.22. The van der Waals surface area contributed by atoms with Crippen molar-refractivity contribution in [3.63, 3.8) is 0 Å². The van der Waals surface area contributed by atoms with Gasteiger partial charge in [0.15, 0.2) is 5.82 Å². The van der Waals surface area contributed by atoms with Crippen LogP contribution in [0.1, 0.15) is 0 Å². The summed E-state index contributed by atoms with van der Waals surface area (Å²) < 4.78 is 12.8. The molecule has 1 saturated heterocycles. The number of likely N-dealkylation sites (N-methyl/N-ethyl adjacent to an activating group) is 1. The number of hydrogen-bond acceptors (Lipinski definition) is 6. The van der Waals surface area contributed by atoms with Crippen LogP contribution in [0.25, 0.3) is 0 Å². The number of hydrogen-bond donors (Lipinski definition) is 0. The topological polar surface area (TPSA) is 58.0 Å². The summed E-state index contributed by atoms with van der Waals surface area (Å²) in [6.07, 6.45) is 7.43. The zero-order valence-electron chi connectivity index (χ0n) is 10.4. The maximum atomic E-state index is 12.8. The first-order valence-electron chi connectivity index (χ1n) is 5.95. The van der Waals surface area contributed by atoms with Crippen LogP contribution in [0.15, 0.2) is 31.0 Å². The Hall–Kier alpha value is -2.31. The first-order chi connectivity index (χ1) is 9.24. The Kier molecular flexibility index (Phi) is 2.94. The molecule has 0 amide bonds. The lowest BCUT2D eigenvalue weighted by molar-refractivity contribution is 0.484. The Labute approximate surface area is 110 Å². The summed E-state index contributed by atoms with van der Waals surface area (Å²) in [4.78, 5) is 20.3. The van der Waals surface area contributed by atoms with E-state index in [1.165, 1.54) is 12.4 Å². The van der Waals surface area contributed by atoms with Gasteiger partial charge in [-0.15, -0.1) is 0 Å². The van der Waals surface area contributed by atoms with Crippen LogP contribution in [-0.4, -0.2) is 46.1 Å². The van der Waals surface area contributed by atoms with E-state index < -0.39 is 5.82 Å². The van der Waals surface area contributed by atoms with Crippen LogP contribution < -0.4 is 9.80 Å². The number of anilines is 2. The average molecular weight is 260 g/mol. The lowest BCUT2D eigenvalue weighted by atomic mass is 10.1. The second kappa shape index (κ2) is 4.75. The Morgan fingerprint density at radius 1 is 1.16 bits per heavy atom. The van der Waals surface area contributed by atoms with E-state index >= 15 is 0 Å². The first-order valence-corrected chi connectivity index (χ1v) is 5.95. The number of nitrogens with zero attached hydrogens (tertiary/aromatic N) is 6. The highest BCUT2D eigenvalue weighted by molar-refractivity contribution is 5.44. The number of aromatic nitrogens is 4. The van der Waals surface area contributed by atoms with Gasteiger partial charge >= 0.3 is 0 Å². The van der Waals surface area contributed by atoms with E-state index in [9.17, 15) is 4.39 Å². The average Bonchev–Trinajstić information content (AvgIpc) is 2.39. The molecule has 0 aromatic carbocycles. The predicted octanol–water partition coefficient (Wildman–Crippen LogP) is 0.731. The molecular formula is C12H13FN6. The summed E-state index contributed by atoms with van der Waals surface area (Å²) in [5.74, 6) is 0.976. The van der Waals surface area contributed by atoms with Gasteiger partial charge in [0.1, 0.15) is 5.82 Å². The molecule has 0 spiro atoms. The first kappa shape index (κ1) is 11.8. The van der Waals surface area contributed by atoms with Crippen molar-refractivity contribution in [3.05, 3.63) is 36.8 Å². The summed E-state index contributed by atoms with van der Waals surface area (Å²) in [5, 5.41) is 0. The Morgan fingerprint density at radius 2 is 1.89 bits per heavy atom. The molecule has 0 bridgehead atoms. The third-order valence-corrected chi connectivity index (χ3v) is 3.21. The van der Waals surface area contributed by atoms with Gasteiger partial charge in [0.2, 0.25) is 5.95 Å². The minimum Gasteiger partial charge on any atom is -0.351 e. The van der Waals surface area contributed by atoms with Gasteiger partial charge in [-0.1, -0.05) is 0 Å². The molecule has 19 heavy (non-hydrogen) atoms. The van der Waals surface area contributed by atoms with Crippen LogP contribution in [0.4, 0.5) is 16.2 Å². The van der Waals surface area contributed by atoms with E-state index in [0.29, 0.717) is 12.0 Å². The lowest BCUT2D eigenvalue weighted by Crippen LogP contribution is -2.59. The highest BCUT2D eigenvalue weighted by atomic mass is 19.1. The van der Waals surface area contributed by atoms with Crippen molar-refractivity contribution >= 4 is 11.8 Å². The van der Waals surface area contributed by atoms with Crippen LogP contribution in [0.3, 0.4) is 0 Å². The van der Waals surface area contributed by atoms with Crippen LogP contribution in [0.2, 0.25) is 0 Å². The number of rotatable bonds is 3. The standard InChI is InChI=1S/C12H13FN6/c1-18(12-16-4-9(13)5-17-12)10-7-19(8-10)11-6-14-2-3-15-11/h2-6,10H,7-8H2,1H3. The molecule has 0 atom stereocenters. The third-order valence-electron chi connectivity index (χ3n) is 3.21. The summed E-state index contributed by atoms with van der Waals surface area (Å²) in [7, 11) is 1.91. The van der Waals surface area contributed by atoms with E-state index in [2.05, 4.69) is 24.8 Å². The Balaban J connectivity index is 1.63.